The van der Waals surface area contributed by atoms with E-state index in [4.69, 9.17) is 5.73 Å². The molecule has 1 rings (SSSR count). The van der Waals surface area contributed by atoms with Gasteiger partial charge in [0.2, 0.25) is 0 Å². The molecule has 1 nitrogen and oxygen atoms in total. The Morgan fingerprint density at radius 1 is 1.27 bits per heavy atom. The lowest BCUT2D eigenvalue weighted by molar-refractivity contribution is -0.0328. The summed E-state index contributed by atoms with van der Waals surface area (Å²) < 4.78 is 36.0. The van der Waals surface area contributed by atoms with E-state index in [9.17, 15) is 13.2 Å². The Morgan fingerprint density at radius 2 is 1.80 bits per heavy atom. The molecule has 0 bridgehead atoms. The van der Waals surface area contributed by atoms with Crippen molar-refractivity contribution < 1.29 is 13.2 Å². The van der Waals surface area contributed by atoms with Crippen LogP contribution in [0.15, 0.2) is 29.2 Å². The number of hydrogen-bond donors (Lipinski definition) is 1. The van der Waals surface area contributed by atoms with Crippen LogP contribution in [0.3, 0.4) is 0 Å². The van der Waals surface area contributed by atoms with Gasteiger partial charge in [-0.05, 0) is 35.9 Å². The second-order valence-corrected chi connectivity index (χ2v) is 4.27. The molecule has 0 radical (unpaired) electrons. The van der Waals surface area contributed by atoms with Gasteiger partial charge in [0.25, 0.3) is 0 Å². The van der Waals surface area contributed by atoms with E-state index in [2.05, 4.69) is 0 Å². The van der Waals surface area contributed by atoms with Gasteiger partial charge >= 0.3 is 5.51 Å². The van der Waals surface area contributed by atoms with Crippen molar-refractivity contribution in [2.45, 2.75) is 29.8 Å². The van der Waals surface area contributed by atoms with Crippen LogP contribution in [0.2, 0.25) is 0 Å². The molecule has 0 unspecified atom stereocenters. The molecule has 0 aliphatic carbocycles. The number of alkyl halides is 3. The summed E-state index contributed by atoms with van der Waals surface area (Å²) in [7, 11) is 0. The van der Waals surface area contributed by atoms with Gasteiger partial charge in [-0.25, -0.2) is 0 Å². The zero-order valence-electron chi connectivity index (χ0n) is 8.21. The van der Waals surface area contributed by atoms with Crippen molar-refractivity contribution in [1.29, 1.82) is 0 Å². The van der Waals surface area contributed by atoms with Crippen LogP contribution < -0.4 is 5.73 Å². The highest BCUT2D eigenvalue weighted by atomic mass is 32.2. The van der Waals surface area contributed by atoms with Crippen LogP contribution in [0, 0.1) is 0 Å². The summed E-state index contributed by atoms with van der Waals surface area (Å²) in [5.74, 6) is 0. The highest BCUT2D eigenvalue weighted by molar-refractivity contribution is 8.00. The first-order chi connectivity index (χ1) is 6.92. The third-order valence-corrected chi connectivity index (χ3v) is 2.72. The van der Waals surface area contributed by atoms with Gasteiger partial charge in [0, 0.05) is 10.9 Å². The van der Waals surface area contributed by atoms with Gasteiger partial charge in [0.05, 0.1) is 0 Å². The van der Waals surface area contributed by atoms with Crippen molar-refractivity contribution in [2.75, 3.05) is 0 Å². The molecular formula is C10H12F3NS. The van der Waals surface area contributed by atoms with Crippen molar-refractivity contribution in [3.8, 4) is 0 Å². The summed E-state index contributed by atoms with van der Waals surface area (Å²) in [4.78, 5) is 0.189. The quantitative estimate of drug-likeness (QED) is 0.808. The molecule has 0 spiro atoms. The van der Waals surface area contributed by atoms with E-state index in [0.717, 1.165) is 12.0 Å². The van der Waals surface area contributed by atoms with Gasteiger partial charge in [0.15, 0.2) is 0 Å². The lowest BCUT2D eigenvalue weighted by atomic mass is 10.1. The smallest absolute Gasteiger partial charge is 0.324 e. The summed E-state index contributed by atoms with van der Waals surface area (Å²) in [5, 5.41) is 0. The Hall–Kier alpha value is -0.680. The minimum atomic E-state index is -4.23. The SMILES string of the molecule is CC[C@@H](N)c1ccc(SC(F)(F)F)cc1. The summed E-state index contributed by atoms with van der Waals surface area (Å²) in [6.45, 7) is 1.93. The van der Waals surface area contributed by atoms with Gasteiger partial charge in [-0.15, -0.1) is 0 Å². The summed E-state index contributed by atoms with van der Waals surface area (Å²) in [6.07, 6.45) is 0.770. The van der Waals surface area contributed by atoms with Crippen LogP contribution in [-0.4, -0.2) is 5.51 Å². The van der Waals surface area contributed by atoms with Gasteiger partial charge in [-0.2, -0.15) is 13.2 Å². The van der Waals surface area contributed by atoms with Gasteiger partial charge < -0.3 is 5.73 Å². The number of hydrogen-bond acceptors (Lipinski definition) is 2. The van der Waals surface area contributed by atoms with Crippen LogP contribution >= 0.6 is 11.8 Å². The third kappa shape index (κ3) is 4.13. The molecule has 84 valence electrons. The number of nitrogens with two attached hydrogens (primary N) is 1. The van der Waals surface area contributed by atoms with Crippen molar-refractivity contribution in [1.82, 2.24) is 0 Å². The van der Waals surface area contributed by atoms with Crippen molar-refractivity contribution >= 4 is 11.8 Å². The van der Waals surface area contributed by atoms with E-state index in [0.29, 0.717) is 0 Å². The first-order valence-electron chi connectivity index (χ1n) is 4.53. The fourth-order valence-corrected chi connectivity index (χ4v) is 1.69. The zero-order valence-corrected chi connectivity index (χ0v) is 9.03. The minimum Gasteiger partial charge on any atom is -0.324 e. The highest BCUT2D eigenvalue weighted by Gasteiger charge is 2.29. The predicted molar refractivity (Wildman–Crippen MR) is 55.6 cm³/mol. The van der Waals surface area contributed by atoms with Crippen molar-refractivity contribution in [3.63, 3.8) is 0 Å². The molecule has 0 aliphatic rings. The standard InChI is InChI=1S/C10H12F3NS/c1-2-9(14)7-3-5-8(6-4-7)15-10(11,12)13/h3-6,9H,2,14H2,1H3/t9-/m1/s1. The van der Waals surface area contributed by atoms with E-state index >= 15 is 0 Å². The molecule has 1 aromatic carbocycles. The van der Waals surface area contributed by atoms with Gasteiger partial charge in [-0.3, -0.25) is 0 Å². The summed E-state index contributed by atoms with van der Waals surface area (Å²) in [6, 6.07) is 6.08. The molecule has 1 atom stereocenters. The molecular weight excluding hydrogens is 223 g/mol. The lowest BCUT2D eigenvalue weighted by Crippen LogP contribution is -2.08. The zero-order chi connectivity index (χ0) is 11.5. The molecule has 0 saturated heterocycles. The maximum Gasteiger partial charge on any atom is 0.446 e. The fourth-order valence-electron chi connectivity index (χ4n) is 1.15. The van der Waals surface area contributed by atoms with E-state index in [1.807, 2.05) is 6.92 Å². The molecule has 15 heavy (non-hydrogen) atoms. The first kappa shape index (κ1) is 12.4. The molecule has 0 fully saturated rings. The van der Waals surface area contributed by atoms with Crippen LogP contribution in [0.5, 0.6) is 0 Å². The maximum atomic E-state index is 12.0. The van der Waals surface area contributed by atoms with E-state index in [1.165, 1.54) is 12.1 Å². The monoisotopic (exact) mass is 235 g/mol. The number of thioether (sulfide) groups is 1. The second-order valence-electron chi connectivity index (χ2n) is 3.13. The predicted octanol–water partition coefficient (Wildman–Crippen LogP) is 3.71. The Bertz CT molecular complexity index is 307. The van der Waals surface area contributed by atoms with Gasteiger partial charge in [0.1, 0.15) is 0 Å². The maximum absolute atomic E-state index is 12.0. The average Bonchev–Trinajstić information content (AvgIpc) is 2.15. The fraction of sp³-hybridized carbons (Fsp3) is 0.400. The molecule has 1 aromatic rings. The summed E-state index contributed by atoms with van der Waals surface area (Å²) in [5.41, 5.74) is 2.38. The number of benzene rings is 1. The number of rotatable bonds is 3. The topological polar surface area (TPSA) is 26.0 Å². The van der Waals surface area contributed by atoms with Gasteiger partial charge in [-0.1, -0.05) is 19.1 Å². The number of halogens is 3. The first-order valence-corrected chi connectivity index (χ1v) is 5.35. The lowest BCUT2D eigenvalue weighted by Gasteiger charge is -2.10. The molecule has 0 heterocycles. The Morgan fingerprint density at radius 3 is 2.20 bits per heavy atom. The van der Waals surface area contributed by atoms with Crippen molar-refractivity contribution in [3.05, 3.63) is 29.8 Å². The van der Waals surface area contributed by atoms with Crippen LogP contribution in [-0.2, 0) is 0 Å². The molecule has 0 aliphatic heterocycles. The third-order valence-electron chi connectivity index (χ3n) is 1.98. The van der Waals surface area contributed by atoms with E-state index in [-0.39, 0.29) is 22.7 Å². The Kier molecular flexibility index (Phi) is 4.04. The molecule has 5 heteroatoms. The van der Waals surface area contributed by atoms with Crippen LogP contribution in [0.4, 0.5) is 13.2 Å². The molecule has 0 amide bonds. The van der Waals surface area contributed by atoms with Crippen LogP contribution in [0.1, 0.15) is 24.9 Å². The summed E-state index contributed by atoms with van der Waals surface area (Å²) >= 11 is -0.112. The molecule has 0 saturated carbocycles. The average molecular weight is 235 g/mol. The second kappa shape index (κ2) is 4.90. The Balaban J connectivity index is 2.72. The van der Waals surface area contributed by atoms with E-state index in [1.54, 1.807) is 12.1 Å². The largest absolute Gasteiger partial charge is 0.446 e. The normalized spacial score (nSPS) is 13.9. The van der Waals surface area contributed by atoms with Crippen LogP contribution in [0.25, 0.3) is 0 Å². The highest BCUT2D eigenvalue weighted by Crippen LogP contribution is 2.36. The van der Waals surface area contributed by atoms with Crippen molar-refractivity contribution in [2.24, 2.45) is 5.73 Å². The molecule has 0 aromatic heterocycles. The van der Waals surface area contributed by atoms with E-state index < -0.39 is 5.51 Å². The molecule has 2 N–H and O–H groups in total. The minimum absolute atomic E-state index is 0.102. The Labute approximate surface area is 90.9 Å².